The van der Waals surface area contributed by atoms with E-state index in [1.165, 1.54) is 11.2 Å². The monoisotopic (exact) mass is 281 g/mol. The standard InChI is InChI=1S/C14H19NO3S/c1-11-6-3-4-8-14(11)19(17,18)15-9-5-7-13(15)10-12(2)16/h3-4,6,8,13H,5,7,9-10H2,1-2H3. The summed E-state index contributed by atoms with van der Waals surface area (Å²) in [5.41, 5.74) is 0.746. The van der Waals surface area contributed by atoms with Crippen LogP contribution in [0.2, 0.25) is 0 Å². The minimum absolute atomic E-state index is 0.0388. The van der Waals surface area contributed by atoms with E-state index in [-0.39, 0.29) is 11.8 Å². The smallest absolute Gasteiger partial charge is 0.243 e. The molecular weight excluding hydrogens is 262 g/mol. The van der Waals surface area contributed by atoms with Crippen LogP contribution in [0.1, 0.15) is 31.7 Å². The third-order valence-corrected chi connectivity index (χ3v) is 5.64. The van der Waals surface area contributed by atoms with E-state index >= 15 is 0 Å². The first-order valence-corrected chi connectivity index (χ1v) is 7.94. The molecule has 1 aromatic rings. The minimum Gasteiger partial charge on any atom is -0.300 e. The summed E-state index contributed by atoms with van der Waals surface area (Å²) in [4.78, 5) is 11.6. The SMILES string of the molecule is CC(=O)CC1CCCN1S(=O)(=O)c1ccccc1C. The highest BCUT2D eigenvalue weighted by Gasteiger charge is 2.36. The van der Waals surface area contributed by atoms with Gasteiger partial charge in [0.25, 0.3) is 0 Å². The molecule has 104 valence electrons. The van der Waals surface area contributed by atoms with Gasteiger partial charge in [-0.15, -0.1) is 0 Å². The average Bonchev–Trinajstić information content (AvgIpc) is 2.77. The van der Waals surface area contributed by atoms with E-state index in [1.54, 1.807) is 25.1 Å². The number of aryl methyl sites for hydroxylation is 1. The maximum Gasteiger partial charge on any atom is 0.243 e. The van der Waals surface area contributed by atoms with Gasteiger partial charge in [-0.1, -0.05) is 18.2 Å². The summed E-state index contributed by atoms with van der Waals surface area (Å²) in [6.07, 6.45) is 1.90. The van der Waals surface area contributed by atoms with Crippen molar-refractivity contribution in [1.29, 1.82) is 0 Å². The largest absolute Gasteiger partial charge is 0.300 e. The summed E-state index contributed by atoms with van der Waals surface area (Å²) in [5.74, 6) is 0.0388. The quantitative estimate of drug-likeness (QED) is 0.849. The van der Waals surface area contributed by atoms with Crippen LogP contribution in [0.3, 0.4) is 0 Å². The number of rotatable bonds is 4. The maximum absolute atomic E-state index is 12.7. The molecule has 1 saturated heterocycles. The van der Waals surface area contributed by atoms with Crippen LogP contribution in [-0.4, -0.2) is 31.1 Å². The predicted molar refractivity (Wildman–Crippen MR) is 73.4 cm³/mol. The summed E-state index contributed by atoms with van der Waals surface area (Å²) in [6.45, 7) is 3.81. The molecule has 0 amide bonds. The summed E-state index contributed by atoms with van der Waals surface area (Å²) in [5, 5.41) is 0. The molecule has 4 nitrogen and oxygen atoms in total. The molecule has 5 heteroatoms. The van der Waals surface area contributed by atoms with E-state index in [0.29, 0.717) is 17.9 Å². The Labute approximate surface area is 114 Å². The fourth-order valence-electron chi connectivity index (χ4n) is 2.63. The predicted octanol–water partition coefficient (Wildman–Crippen LogP) is 2.13. The van der Waals surface area contributed by atoms with Crippen molar-refractivity contribution in [3.8, 4) is 0 Å². The van der Waals surface area contributed by atoms with Crippen LogP contribution in [0.5, 0.6) is 0 Å². The lowest BCUT2D eigenvalue weighted by atomic mass is 10.1. The molecule has 1 heterocycles. The molecular formula is C14H19NO3S. The van der Waals surface area contributed by atoms with E-state index in [0.717, 1.165) is 18.4 Å². The third kappa shape index (κ3) is 2.87. The van der Waals surface area contributed by atoms with Crippen LogP contribution < -0.4 is 0 Å². The van der Waals surface area contributed by atoms with E-state index in [9.17, 15) is 13.2 Å². The van der Waals surface area contributed by atoms with Crippen LogP contribution in [0.25, 0.3) is 0 Å². The van der Waals surface area contributed by atoms with Crippen molar-refractivity contribution in [2.24, 2.45) is 0 Å². The van der Waals surface area contributed by atoms with Gasteiger partial charge in [0.05, 0.1) is 4.90 Å². The van der Waals surface area contributed by atoms with E-state index in [2.05, 4.69) is 0 Å². The zero-order chi connectivity index (χ0) is 14.0. The van der Waals surface area contributed by atoms with Gasteiger partial charge in [0, 0.05) is 19.0 Å². The van der Waals surface area contributed by atoms with Gasteiger partial charge in [0.15, 0.2) is 0 Å². The Bertz CT molecular complexity index is 580. The molecule has 1 unspecified atom stereocenters. The summed E-state index contributed by atoms with van der Waals surface area (Å²) < 4.78 is 26.8. The Hall–Kier alpha value is -1.20. The number of nitrogens with zero attached hydrogens (tertiary/aromatic N) is 1. The molecule has 0 saturated carbocycles. The lowest BCUT2D eigenvalue weighted by Crippen LogP contribution is -2.36. The highest BCUT2D eigenvalue weighted by molar-refractivity contribution is 7.89. The third-order valence-electron chi connectivity index (χ3n) is 3.53. The summed E-state index contributed by atoms with van der Waals surface area (Å²) in [7, 11) is -3.48. The number of sulfonamides is 1. The first kappa shape index (κ1) is 14.2. The first-order valence-electron chi connectivity index (χ1n) is 6.50. The van der Waals surface area contributed by atoms with Gasteiger partial charge in [-0.2, -0.15) is 4.31 Å². The molecule has 1 atom stereocenters. The van der Waals surface area contributed by atoms with Crippen LogP contribution in [0.15, 0.2) is 29.2 Å². The fraction of sp³-hybridized carbons (Fsp3) is 0.500. The van der Waals surface area contributed by atoms with Gasteiger partial charge in [0.1, 0.15) is 5.78 Å². The van der Waals surface area contributed by atoms with Crippen molar-refractivity contribution in [3.05, 3.63) is 29.8 Å². The second-order valence-electron chi connectivity index (χ2n) is 5.08. The van der Waals surface area contributed by atoms with Crippen molar-refractivity contribution in [2.75, 3.05) is 6.54 Å². The zero-order valence-corrected chi connectivity index (χ0v) is 12.1. The maximum atomic E-state index is 12.7. The highest BCUT2D eigenvalue weighted by atomic mass is 32.2. The number of carbonyl (C=O) groups excluding carboxylic acids is 1. The Morgan fingerprint density at radius 1 is 1.37 bits per heavy atom. The highest BCUT2D eigenvalue weighted by Crippen LogP contribution is 2.29. The summed E-state index contributed by atoms with van der Waals surface area (Å²) in [6, 6.07) is 6.81. The van der Waals surface area contributed by atoms with Gasteiger partial charge in [-0.25, -0.2) is 8.42 Å². The van der Waals surface area contributed by atoms with E-state index in [4.69, 9.17) is 0 Å². The number of Topliss-reactive ketones (excluding diaryl/α,β-unsaturated/α-hetero) is 1. The molecule has 19 heavy (non-hydrogen) atoms. The Kier molecular flexibility index (Phi) is 4.06. The minimum atomic E-state index is -3.48. The van der Waals surface area contributed by atoms with Crippen molar-refractivity contribution >= 4 is 15.8 Å². The van der Waals surface area contributed by atoms with Crippen LogP contribution in [-0.2, 0) is 14.8 Å². The van der Waals surface area contributed by atoms with E-state index in [1.807, 2.05) is 6.07 Å². The molecule has 1 aliphatic heterocycles. The number of hydrogen-bond acceptors (Lipinski definition) is 3. The van der Waals surface area contributed by atoms with Crippen LogP contribution >= 0.6 is 0 Å². The molecule has 0 N–H and O–H groups in total. The van der Waals surface area contributed by atoms with Crippen molar-refractivity contribution in [3.63, 3.8) is 0 Å². The van der Waals surface area contributed by atoms with Crippen LogP contribution in [0, 0.1) is 6.92 Å². The van der Waals surface area contributed by atoms with Gasteiger partial charge in [-0.05, 0) is 38.3 Å². The molecule has 0 bridgehead atoms. The second kappa shape index (κ2) is 5.43. The molecule has 0 aromatic heterocycles. The lowest BCUT2D eigenvalue weighted by molar-refractivity contribution is -0.117. The Morgan fingerprint density at radius 3 is 2.68 bits per heavy atom. The topological polar surface area (TPSA) is 54.5 Å². The fourth-order valence-corrected chi connectivity index (χ4v) is 4.55. The normalized spacial score (nSPS) is 20.6. The Morgan fingerprint density at radius 2 is 2.05 bits per heavy atom. The molecule has 0 spiro atoms. The molecule has 1 aromatic carbocycles. The van der Waals surface area contributed by atoms with Crippen LogP contribution in [0.4, 0.5) is 0 Å². The molecule has 2 rings (SSSR count). The second-order valence-corrected chi connectivity index (χ2v) is 6.94. The van der Waals surface area contributed by atoms with E-state index < -0.39 is 10.0 Å². The molecule has 0 radical (unpaired) electrons. The van der Waals surface area contributed by atoms with Crippen molar-refractivity contribution in [2.45, 2.75) is 44.0 Å². The summed E-state index contributed by atoms with van der Waals surface area (Å²) >= 11 is 0. The molecule has 1 fully saturated rings. The van der Waals surface area contributed by atoms with Crippen molar-refractivity contribution < 1.29 is 13.2 Å². The Balaban J connectivity index is 2.34. The van der Waals surface area contributed by atoms with Gasteiger partial charge in [-0.3, -0.25) is 4.79 Å². The lowest BCUT2D eigenvalue weighted by Gasteiger charge is -2.24. The van der Waals surface area contributed by atoms with Gasteiger partial charge in [0.2, 0.25) is 10.0 Å². The number of hydrogen-bond donors (Lipinski definition) is 0. The zero-order valence-electron chi connectivity index (χ0n) is 11.3. The average molecular weight is 281 g/mol. The first-order chi connectivity index (χ1) is 8.93. The molecule has 1 aliphatic rings. The molecule has 0 aliphatic carbocycles. The van der Waals surface area contributed by atoms with Crippen molar-refractivity contribution in [1.82, 2.24) is 4.31 Å². The number of benzene rings is 1. The van der Waals surface area contributed by atoms with Gasteiger partial charge < -0.3 is 0 Å². The van der Waals surface area contributed by atoms with Gasteiger partial charge >= 0.3 is 0 Å². The number of ketones is 1. The number of carbonyl (C=O) groups is 1.